The van der Waals surface area contributed by atoms with E-state index in [0.717, 1.165) is 51.6 Å². The molecule has 0 saturated carbocycles. The molecule has 1 unspecified atom stereocenters. The maximum atomic E-state index is 11.4. The predicted octanol–water partition coefficient (Wildman–Crippen LogP) is 5.59. The zero-order valence-corrected chi connectivity index (χ0v) is 19.3. The second-order valence-electron chi connectivity index (χ2n) is 8.70. The summed E-state index contributed by atoms with van der Waals surface area (Å²) < 4.78 is 11.2. The average Bonchev–Trinajstić information content (AvgIpc) is 2.88. The summed E-state index contributed by atoms with van der Waals surface area (Å²) in [6.07, 6.45) is 3.09. The molecule has 5 rings (SSSR count). The van der Waals surface area contributed by atoms with Crippen molar-refractivity contribution in [1.29, 1.82) is 0 Å². The Labute approximate surface area is 194 Å². The molecule has 0 aliphatic carbocycles. The molecule has 5 nitrogen and oxygen atoms in total. The van der Waals surface area contributed by atoms with Gasteiger partial charge in [0, 0.05) is 28.3 Å². The summed E-state index contributed by atoms with van der Waals surface area (Å²) in [5.74, 6) is 1.38. The number of pyridine rings is 1. The first-order valence-corrected chi connectivity index (χ1v) is 11.6. The lowest BCUT2D eigenvalue weighted by atomic mass is 9.96. The molecule has 170 valence electrons. The van der Waals surface area contributed by atoms with Gasteiger partial charge in [-0.05, 0) is 55.8 Å². The van der Waals surface area contributed by atoms with Gasteiger partial charge >= 0.3 is 0 Å². The lowest BCUT2D eigenvalue weighted by Crippen LogP contribution is -2.33. The highest BCUT2D eigenvalue weighted by molar-refractivity contribution is 6.09. The molecule has 1 fully saturated rings. The van der Waals surface area contributed by atoms with Crippen molar-refractivity contribution in [3.63, 3.8) is 0 Å². The van der Waals surface area contributed by atoms with Crippen molar-refractivity contribution in [2.24, 2.45) is 0 Å². The van der Waals surface area contributed by atoms with Crippen LogP contribution in [0.2, 0.25) is 0 Å². The third-order valence-corrected chi connectivity index (χ3v) is 6.65. The monoisotopic (exact) mass is 442 g/mol. The van der Waals surface area contributed by atoms with Gasteiger partial charge in [0.1, 0.15) is 0 Å². The molecule has 0 bridgehead atoms. The lowest BCUT2D eigenvalue weighted by molar-refractivity contribution is 0.102. The minimum absolute atomic E-state index is 0.589. The van der Waals surface area contributed by atoms with E-state index in [1.54, 1.807) is 14.2 Å². The number of benzene rings is 3. The summed E-state index contributed by atoms with van der Waals surface area (Å²) in [6, 6.07) is 20.2. The topological polar surface area (TPSA) is 54.8 Å². The first-order chi connectivity index (χ1) is 16.2. The number of rotatable bonds is 6. The van der Waals surface area contributed by atoms with E-state index in [0.29, 0.717) is 18.0 Å². The summed E-state index contributed by atoms with van der Waals surface area (Å²) >= 11 is 0. The van der Waals surface area contributed by atoms with Gasteiger partial charge in [-0.25, -0.2) is 4.98 Å². The maximum Gasteiger partial charge on any atom is 0.168 e. The SMILES string of the molecule is COc1ccc2c(ccc3c(C(O)CN4CCCCC4)cc(-c4ccccc4)nc32)c1OC. The molecule has 3 aromatic carbocycles. The summed E-state index contributed by atoms with van der Waals surface area (Å²) in [5, 5.41) is 14.3. The molecule has 33 heavy (non-hydrogen) atoms. The van der Waals surface area contributed by atoms with Crippen molar-refractivity contribution in [3.05, 3.63) is 66.2 Å². The van der Waals surface area contributed by atoms with Crippen LogP contribution in [0.3, 0.4) is 0 Å². The van der Waals surface area contributed by atoms with Gasteiger partial charge in [0.15, 0.2) is 11.5 Å². The molecular formula is C28H30N2O3. The van der Waals surface area contributed by atoms with Crippen LogP contribution in [0.4, 0.5) is 0 Å². The third-order valence-electron chi connectivity index (χ3n) is 6.65. The fourth-order valence-electron chi connectivity index (χ4n) is 4.96. The molecule has 1 aliphatic rings. The molecule has 1 aromatic heterocycles. The van der Waals surface area contributed by atoms with E-state index in [9.17, 15) is 5.11 Å². The van der Waals surface area contributed by atoms with E-state index < -0.39 is 6.10 Å². The number of methoxy groups -OCH3 is 2. The Bertz CT molecular complexity index is 1270. The number of aromatic nitrogens is 1. The zero-order valence-electron chi connectivity index (χ0n) is 19.3. The van der Waals surface area contributed by atoms with Crippen LogP contribution in [0, 0.1) is 0 Å². The van der Waals surface area contributed by atoms with Gasteiger partial charge in [0.2, 0.25) is 0 Å². The third kappa shape index (κ3) is 4.14. The van der Waals surface area contributed by atoms with Gasteiger partial charge in [-0.2, -0.15) is 0 Å². The van der Waals surface area contributed by atoms with Crippen LogP contribution >= 0.6 is 0 Å². The average molecular weight is 443 g/mol. The number of β-amino-alcohol motifs (C(OH)–C–C–N with tert-alkyl or cyclic N) is 1. The second-order valence-corrected chi connectivity index (χ2v) is 8.70. The van der Waals surface area contributed by atoms with Gasteiger partial charge in [-0.3, -0.25) is 0 Å². The summed E-state index contributed by atoms with van der Waals surface area (Å²) in [7, 11) is 3.30. The van der Waals surface area contributed by atoms with Crippen molar-refractivity contribution in [2.75, 3.05) is 33.9 Å². The van der Waals surface area contributed by atoms with Crippen LogP contribution in [0.25, 0.3) is 32.9 Å². The van der Waals surface area contributed by atoms with Crippen LogP contribution in [0.1, 0.15) is 30.9 Å². The summed E-state index contributed by atoms with van der Waals surface area (Å²) in [6.45, 7) is 2.73. The van der Waals surface area contributed by atoms with Crippen molar-refractivity contribution in [2.45, 2.75) is 25.4 Å². The quantitative estimate of drug-likeness (QED) is 0.395. The van der Waals surface area contributed by atoms with E-state index in [4.69, 9.17) is 14.5 Å². The smallest absolute Gasteiger partial charge is 0.168 e. The standard InChI is InChI=1S/C28H30N2O3/c1-32-26-14-13-20-22(28(26)33-2)12-11-21-23(25(31)18-30-15-7-4-8-16-30)17-24(29-27(20)21)19-9-5-3-6-10-19/h3,5-6,9-14,17,25,31H,4,7-8,15-16,18H2,1-2H3. The molecule has 5 heteroatoms. The largest absolute Gasteiger partial charge is 0.493 e. The first kappa shape index (κ1) is 21.7. The molecule has 1 N–H and O–H groups in total. The van der Waals surface area contributed by atoms with Crippen LogP contribution in [0.5, 0.6) is 11.5 Å². The summed E-state index contributed by atoms with van der Waals surface area (Å²) in [4.78, 5) is 7.45. The van der Waals surface area contributed by atoms with Gasteiger partial charge in [-0.1, -0.05) is 42.8 Å². The van der Waals surface area contributed by atoms with Crippen LogP contribution in [-0.4, -0.2) is 48.8 Å². The van der Waals surface area contributed by atoms with E-state index in [2.05, 4.69) is 29.2 Å². The van der Waals surface area contributed by atoms with E-state index in [-0.39, 0.29) is 0 Å². The minimum Gasteiger partial charge on any atom is -0.493 e. The predicted molar refractivity (Wildman–Crippen MR) is 133 cm³/mol. The molecule has 1 aliphatic heterocycles. The normalized spacial score (nSPS) is 15.6. The minimum atomic E-state index is -0.589. The number of hydrogen-bond donors (Lipinski definition) is 1. The molecule has 1 atom stereocenters. The maximum absolute atomic E-state index is 11.4. The van der Waals surface area contributed by atoms with E-state index in [1.165, 1.54) is 19.3 Å². The number of fused-ring (bicyclic) bond motifs is 3. The number of nitrogens with zero attached hydrogens (tertiary/aromatic N) is 2. The fourth-order valence-corrected chi connectivity index (χ4v) is 4.96. The highest BCUT2D eigenvalue weighted by Crippen LogP contribution is 2.40. The van der Waals surface area contributed by atoms with Crippen LogP contribution < -0.4 is 9.47 Å². The number of hydrogen-bond acceptors (Lipinski definition) is 5. The zero-order chi connectivity index (χ0) is 22.8. The van der Waals surface area contributed by atoms with Gasteiger partial charge in [-0.15, -0.1) is 0 Å². The van der Waals surface area contributed by atoms with E-state index >= 15 is 0 Å². The van der Waals surface area contributed by atoms with Crippen molar-refractivity contribution in [1.82, 2.24) is 9.88 Å². The van der Waals surface area contributed by atoms with Crippen molar-refractivity contribution < 1.29 is 14.6 Å². The molecule has 2 heterocycles. The number of aliphatic hydroxyl groups is 1. The Kier molecular flexibility index (Phi) is 6.16. The number of piperidine rings is 1. The Morgan fingerprint density at radius 3 is 2.33 bits per heavy atom. The number of ether oxygens (including phenoxy) is 2. The molecule has 1 saturated heterocycles. The highest BCUT2D eigenvalue weighted by atomic mass is 16.5. The molecule has 0 radical (unpaired) electrons. The highest BCUT2D eigenvalue weighted by Gasteiger charge is 2.21. The molecule has 0 amide bonds. The second kappa shape index (κ2) is 9.38. The van der Waals surface area contributed by atoms with Gasteiger partial charge in [0.05, 0.1) is 31.5 Å². The Morgan fingerprint density at radius 2 is 1.61 bits per heavy atom. The molecular weight excluding hydrogens is 412 g/mol. The number of likely N-dealkylation sites (tertiary alicyclic amines) is 1. The van der Waals surface area contributed by atoms with Gasteiger partial charge < -0.3 is 19.5 Å². The lowest BCUT2D eigenvalue weighted by Gasteiger charge is -2.29. The summed E-state index contributed by atoms with van der Waals surface area (Å²) in [5.41, 5.74) is 3.67. The Hall–Kier alpha value is -3.15. The van der Waals surface area contributed by atoms with Gasteiger partial charge in [0.25, 0.3) is 0 Å². The Morgan fingerprint density at radius 1 is 0.879 bits per heavy atom. The Balaban J connectivity index is 1.71. The molecule has 4 aromatic rings. The van der Waals surface area contributed by atoms with Crippen molar-refractivity contribution in [3.8, 4) is 22.8 Å². The first-order valence-electron chi connectivity index (χ1n) is 11.6. The van der Waals surface area contributed by atoms with E-state index in [1.807, 2.05) is 36.4 Å². The van der Waals surface area contributed by atoms with Crippen molar-refractivity contribution >= 4 is 21.7 Å². The molecule has 0 spiro atoms. The van der Waals surface area contributed by atoms with Crippen LogP contribution in [-0.2, 0) is 0 Å². The number of aliphatic hydroxyl groups excluding tert-OH is 1. The fraction of sp³-hybridized carbons (Fsp3) is 0.321. The van der Waals surface area contributed by atoms with Crippen LogP contribution in [0.15, 0.2) is 60.7 Å².